The SMILES string of the molecule is CCCc1cc(=O)[nH]c(Nc2ccccc2F)n1. The summed E-state index contributed by atoms with van der Waals surface area (Å²) in [5, 5.41) is 2.77. The molecule has 0 amide bonds. The Kier molecular flexibility index (Phi) is 3.72. The van der Waals surface area contributed by atoms with E-state index in [-0.39, 0.29) is 23.0 Å². The van der Waals surface area contributed by atoms with E-state index in [1.54, 1.807) is 18.2 Å². The smallest absolute Gasteiger partial charge is 0.252 e. The Morgan fingerprint density at radius 3 is 2.89 bits per heavy atom. The number of hydrogen-bond donors (Lipinski definition) is 2. The fraction of sp³-hybridized carbons (Fsp3) is 0.231. The van der Waals surface area contributed by atoms with Gasteiger partial charge < -0.3 is 5.32 Å². The number of aromatic amines is 1. The van der Waals surface area contributed by atoms with E-state index in [0.717, 1.165) is 12.8 Å². The molecular weight excluding hydrogens is 233 g/mol. The molecule has 1 heterocycles. The maximum atomic E-state index is 13.4. The van der Waals surface area contributed by atoms with Gasteiger partial charge in [0.2, 0.25) is 5.95 Å². The second-order valence-corrected chi connectivity index (χ2v) is 3.94. The van der Waals surface area contributed by atoms with Crippen LogP contribution < -0.4 is 10.9 Å². The van der Waals surface area contributed by atoms with Crippen LogP contribution in [0.4, 0.5) is 16.0 Å². The summed E-state index contributed by atoms with van der Waals surface area (Å²) in [5.74, 6) is -0.128. The van der Waals surface area contributed by atoms with Gasteiger partial charge >= 0.3 is 0 Å². The number of anilines is 2. The van der Waals surface area contributed by atoms with Gasteiger partial charge in [-0.15, -0.1) is 0 Å². The van der Waals surface area contributed by atoms with Crippen molar-refractivity contribution in [2.75, 3.05) is 5.32 Å². The summed E-state index contributed by atoms with van der Waals surface area (Å²) in [6.07, 6.45) is 1.62. The lowest BCUT2D eigenvalue weighted by Crippen LogP contribution is -2.12. The summed E-state index contributed by atoms with van der Waals surface area (Å²) in [7, 11) is 0. The normalized spacial score (nSPS) is 10.3. The quantitative estimate of drug-likeness (QED) is 0.873. The number of H-pyrrole nitrogens is 1. The van der Waals surface area contributed by atoms with Crippen molar-refractivity contribution in [1.82, 2.24) is 9.97 Å². The minimum Gasteiger partial charge on any atom is -0.323 e. The van der Waals surface area contributed by atoms with E-state index in [1.807, 2.05) is 6.92 Å². The van der Waals surface area contributed by atoms with Crippen molar-refractivity contribution in [3.8, 4) is 0 Å². The Balaban J connectivity index is 2.29. The minimum atomic E-state index is -0.388. The topological polar surface area (TPSA) is 57.8 Å². The van der Waals surface area contributed by atoms with Gasteiger partial charge in [0.25, 0.3) is 5.56 Å². The number of benzene rings is 1. The van der Waals surface area contributed by atoms with Crippen molar-refractivity contribution in [2.45, 2.75) is 19.8 Å². The van der Waals surface area contributed by atoms with Crippen LogP contribution in [0.3, 0.4) is 0 Å². The molecule has 1 aromatic carbocycles. The van der Waals surface area contributed by atoms with E-state index >= 15 is 0 Å². The molecule has 5 heteroatoms. The third-order valence-electron chi connectivity index (χ3n) is 2.43. The molecule has 0 radical (unpaired) electrons. The van der Waals surface area contributed by atoms with Crippen molar-refractivity contribution in [2.24, 2.45) is 0 Å². The number of nitrogens with one attached hydrogen (secondary N) is 2. The first-order chi connectivity index (χ1) is 8.69. The molecule has 0 unspecified atom stereocenters. The first kappa shape index (κ1) is 12.3. The molecule has 1 aromatic heterocycles. The van der Waals surface area contributed by atoms with E-state index < -0.39 is 0 Å². The molecule has 0 atom stereocenters. The molecule has 0 aliphatic carbocycles. The summed E-state index contributed by atoms with van der Waals surface area (Å²) in [6, 6.07) is 7.69. The molecule has 0 fully saturated rings. The molecule has 0 bridgehead atoms. The van der Waals surface area contributed by atoms with E-state index in [1.165, 1.54) is 12.1 Å². The van der Waals surface area contributed by atoms with Gasteiger partial charge in [-0.1, -0.05) is 25.5 Å². The van der Waals surface area contributed by atoms with Crippen LogP contribution in [-0.4, -0.2) is 9.97 Å². The monoisotopic (exact) mass is 247 g/mol. The predicted molar refractivity (Wildman–Crippen MR) is 68.5 cm³/mol. The van der Waals surface area contributed by atoms with Crippen molar-refractivity contribution in [3.05, 3.63) is 52.2 Å². The van der Waals surface area contributed by atoms with Gasteiger partial charge in [0.05, 0.1) is 5.69 Å². The third-order valence-corrected chi connectivity index (χ3v) is 2.43. The molecule has 2 N–H and O–H groups in total. The fourth-order valence-electron chi connectivity index (χ4n) is 1.64. The molecule has 0 spiro atoms. The zero-order valence-electron chi connectivity index (χ0n) is 10.0. The number of halogens is 1. The lowest BCUT2D eigenvalue weighted by molar-refractivity contribution is 0.631. The van der Waals surface area contributed by atoms with Crippen molar-refractivity contribution in [1.29, 1.82) is 0 Å². The lowest BCUT2D eigenvalue weighted by Gasteiger charge is -2.07. The number of para-hydroxylation sites is 1. The number of aryl methyl sites for hydroxylation is 1. The standard InChI is InChI=1S/C13H14FN3O/c1-2-5-9-8-12(18)17-13(15-9)16-11-7-4-3-6-10(11)14/h3-4,6-8H,2,5H2,1H3,(H2,15,16,17,18). The van der Waals surface area contributed by atoms with E-state index in [0.29, 0.717) is 5.69 Å². The van der Waals surface area contributed by atoms with Gasteiger partial charge in [-0.3, -0.25) is 9.78 Å². The summed E-state index contributed by atoms with van der Waals surface area (Å²) in [6.45, 7) is 2.01. The average Bonchev–Trinajstić information content (AvgIpc) is 2.32. The second-order valence-electron chi connectivity index (χ2n) is 3.94. The Bertz CT molecular complexity index is 595. The van der Waals surface area contributed by atoms with Crippen LogP contribution in [0.15, 0.2) is 35.1 Å². The molecule has 0 aliphatic rings. The van der Waals surface area contributed by atoms with Crippen molar-refractivity contribution < 1.29 is 4.39 Å². The summed E-state index contributed by atoms with van der Waals surface area (Å²) >= 11 is 0. The fourth-order valence-corrected chi connectivity index (χ4v) is 1.64. The van der Waals surface area contributed by atoms with E-state index in [4.69, 9.17) is 0 Å². The Labute approximate surface area is 104 Å². The molecule has 94 valence electrons. The predicted octanol–water partition coefficient (Wildman–Crippen LogP) is 2.61. The maximum Gasteiger partial charge on any atom is 0.252 e. The van der Waals surface area contributed by atoms with Crippen molar-refractivity contribution in [3.63, 3.8) is 0 Å². The molecule has 4 nitrogen and oxygen atoms in total. The highest BCUT2D eigenvalue weighted by Gasteiger charge is 2.04. The first-order valence-electron chi connectivity index (χ1n) is 5.81. The van der Waals surface area contributed by atoms with Crippen LogP contribution in [0, 0.1) is 5.82 Å². The van der Waals surface area contributed by atoms with Gasteiger partial charge in [-0.05, 0) is 18.6 Å². The third kappa shape index (κ3) is 2.94. The number of nitrogens with zero attached hydrogens (tertiary/aromatic N) is 1. The van der Waals surface area contributed by atoms with Gasteiger partial charge in [0, 0.05) is 11.8 Å². The van der Waals surface area contributed by atoms with Crippen LogP contribution in [-0.2, 0) is 6.42 Å². The van der Waals surface area contributed by atoms with Crippen LogP contribution in [0.5, 0.6) is 0 Å². The molecule has 0 saturated heterocycles. The van der Waals surface area contributed by atoms with Gasteiger partial charge in [-0.2, -0.15) is 0 Å². The van der Waals surface area contributed by atoms with Crippen LogP contribution in [0.25, 0.3) is 0 Å². The summed E-state index contributed by atoms with van der Waals surface area (Å²) in [5.41, 5.74) is 0.738. The zero-order valence-corrected chi connectivity index (χ0v) is 10.0. The Morgan fingerprint density at radius 1 is 1.39 bits per heavy atom. The van der Waals surface area contributed by atoms with Crippen LogP contribution in [0.2, 0.25) is 0 Å². The average molecular weight is 247 g/mol. The van der Waals surface area contributed by atoms with Gasteiger partial charge in [0.15, 0.2) is 0 Å². The van der Waals surface area contributed by atoms with E-state index in [9.17, 15) is 9.18 Å². The maximum absolute atomic E-state index is 13.4. The van der Waals surface area contributed by atoms with Crippen LogP contribution in [0.1, 0.15) is 19.0 Å². The van der Waals surface area contributed by atoms with E-state index in [2.05, 4.69) is 15.3 Å². The highest BCUT2D eigenvalue weighted by molar-refractivity contribution is 5.53. The first-order valence-corrected chi connectivity index (χ1v) is 5.81. The second kappa shape index (κ2) is 5.44. The molecule has 2 aromatic rings. The molecule has 18 heavy (non-hydrogen) atoms. The van der Waals surface area contributed by atoms with Crippen molar-refractivity contribution >= 4 is 11.6 Å². The van der Waals surface area contributed by atoms with Gasteiger partial charge in [-0.25, -0.2) is 9.37 Å². The lowest BCUT2D eigenvalue weighted by atomic mass is 10.2. The van der Waals surface area contributed by atoms with Gasteiger partial charge in [0.1, 0.15) is 5.82 Å². The highest BCUT2D eigenvalue weighted by atomic mass is 19.1. The Morgan fingerprint density at radius 2 is 2.17 bits per heavy atom. The number of hydrogen-bond acceptors (Lipinski definition) is 3. The number of aromatic nitrogens is 2. The number of rotatable bonds is 4. The molecule has 0 saturated carbocycles. The molecular formula is C13H14FN3O. The summed E-state index contributed by atoms with van der Waals surface area (Å²) < 4.78 is 13.4. The minimum absolute atomic E-state index is 0.243. The Hall–Kier alpha value is -2.17. The largest absolute Gasteiger partial charge is 0.323 e. The molecule has 0 aliphatic heterocycles. The zero-order chi connectivity index (χ0) is 13.0. The highest BCUT2D eigenvalue weighted by Crippen LogP contribution is 2.16. The molecule has 2 rings (SSSR count). The van der Waals surface area contributed by atoms with Crippen LogP contribution >= 0.6 is 0 Å². The summed E-state index contributed by atoms with van der Waals surface area (Å²) in [4.78, 5) is 18.2.